The number of rotatable bonds is 9. The second-order valence-corrected chi connectivity index (χ2v) is 10.1. The average molecular weight is 454 g/mol. The number of piperidine rings is 1. The number of hydrogen-bond donors (Lipinski definition) is 0. The molecule has 2 saturated heterocycles. The van der Waals surface area contributed by atoms with Gasteiger partial charge >= 0.3 is 5.97 Å². The summed E-state index contributed by atoms with van der Waals surface area (Å²) in [5.74, 6) is -0.627. The maximum Gasteiger partial charge on any atom is 0.302 e. The van der Waals surface area contributed by atoms with Crippen molar-refractivity contribution in [1.82, 2.24) is 4.90 Å². The average Bonchev–Trinajstić information content (AvgIpc) is 3.29. The molecular weight excluding hydrogens is 422 g/mol. The first-order valence-corrected chi connectivity index (χ1v) is 12.4. The highest BCUT2D eigenvalue weighted by atomic mass is 32.2. The summed E-state index contributed by atoms with van der Waals surface area (Å²) < 4.78 is 43.4. The molecule has 0 N–H and O–H groups in total. The molecule has 1 amide bonds. The van der Waals surface area contributed by atoms with Gasteiger partial charge in [-0.2, -0.15) is 0 Å². The lowest BCUT2D eigenvalue weighted by Gasteiger charge is -2.30. The van der Waals surface area contributed by atoms with Crippen molar-refractivity contribution < 1.29 is 32.2 Å². The van der Waals surface area contributed by atoms with E-state index in [2.05, 4.69) is 0 Å². The molecule has 2 heterocycles. The van der Waals surface area contributed by atoms with Gasteiger partial charge in [-0.05, 0) is 37.8 Å². The van der Waals surface area contributed by atoms with Crippen molar-refractivity contribution in [3.8, 4) is 0 Å². The van der Waals surface area contributed by atoms with Gasteiger partial charge in [-0.1, -0.05) is 18.2 Å². The molecule has 0 saturated carbocycles. The summed E-state index contributed by atoms with van der Waals surface area (Å²) in [6.07, 6.45) is 1.64. The lowest BCUT2D eigenvalue weighted by Crippen LogP contribution is -2.41. The van der Waals surface area contributed by atoms with Crippen molar-refractivity contribution in [3.05, 3.63) is 30.3 Å². The minimum atomic E-state index is -3.87. The van der Waals surface area contributed by atoms with E-state index in [1.807, 2.05) is 0 Å². The number of nitrogens with zero attached hydrogens (tertiary/aromatic N) is 1. The summed E-state index contributed by atoms with van der Waals surface area (Å²) in [6, 6.07) is 8.06. The van der Waals surface area contributed by atoms with Gasteiger partial charge in [-0.3, -0.25) is 9.59 Å². The van der Waals surface area contributed by atoms with Gasteiger partial charge < -0.3 is 19.1 Å². The number of benzene rings is 1. The number of carbonyl (C=O) groups excluding carboxylic acids is 2. The van der Waals surface area contributed by atoms with Crippen molar-refractivity contribution in [2.45, 2.75) is 68.0 Å². The van der Waals surface area contributed by atoms with Crippen LogP contribution in [0, 0.1) is 0 Å². The van der Waals surface area contributed by atoms with E-state index in [9.17, 15) is 18.0 Å². The smallest absolute Gasteiger partial charge is 0.302 e. The van der Waals surface area contributed by atoms with Gasteiger partial charge in [0.1, 0.15) is 11.4 Å². The van der Waals surface area contributed by atoms with E-state index in [0.29, 0.717) is 26.3 Å². The maximum atomic E-state index is 13.5. The lowest BCUT2D eigenvalue weighted by molar-refractivity contribution is -0.149. The first-order chi connectivity index (χ1) is 14.9. The Bertz CT molecular complexity index is 831. The van der Waals surface area contributed by atoms with E-state index in [1.165, 1.54) is 19.1 Å². The molecule has 2 unspecified atom stereocenters. The van der Waals surface area contributed by atoms with E-state index in [0.717, 1.165) is 19.3 Å². The van der Waals surface area contributed by atoms with Gasteiger partial charge in [-0.25, -0.2) is 8.42 Å². The highest BCUT2D eigenvalue weighted by molar-refractivity contribution is 7.92. The predicted octanol–water partition coefficient (Wildman–Crippen LogP) is 2.32. The Hall–Kier alpha value is -1.97. The van der Waals surface area contributed by atoms with Gasteiger partial charge in [0.05, 0.1) is 18.1 Å². The quantitative estimate of drug-likeness (QED) is 0.529. The largest absolute Gasteiger partial charge is 0.461 e. The number of ether oxygens (including phenoxy) is 3. The zero-order chi connectivity index (χ0) is 22.3. The van der Waals surface area contributed by atoms with Crippen molar-refractivity contribution in [1.29, 1.82) is 0 Å². The summed E-state index contributed by atoms with van der Waals surface area (Å²) in [5, 5.41) is -1.09. The van der Waals surface area contributed by atoms with Crippen LogP contribution in [0.15, 0.2) is 35.2 Å². The van der Waals surface area contributed by atoms with E-state index in [1.54, 1.807) is 23.1 Å². The number of likely N-dealkylation sites (tertiary alicyclic amines) is 1. The van der Waals surface area contributed by atoms with Gasteiger partial charge in [0.15, 0.2) is 16.1 Å². The van der Waals surface area contributed by atoms with E-state index < -0.39 is 33.5 Å². The highest BCUT2D eigenvalue weighted by Crippen LogP contribution is 2.28. The molecule has 31 heavy (non-hydrogen) atoms. The molecule has 0 bridgehead atoms. The Kier molecular flexibility index (Phi) is 8.45. The number of amides is 1. The van der Waals surface area contributed by atoms with Crippen LogP contribution in [0.3, 0.4) is 0 Å². The molecule has 2 atom stereocenters. The topological polar surface area (TPSA) is 99.2 Å². The van der Waals surface area contributed by atoms with Gasteiger partial charge in [0, 0.05) is 32.9 Å². The summed E-state index contributed by atoms with van der Waals surface area (Å²) >= 11 is 0. The standard InChI is InChI=1S/C22H31NO7S/c1-17(24)30-19(10-11-21(25)23-12-6-3-7-13-23)20(16-22-28-14-15-29-22)31(26,27)18-8-4-2-5-9-18/h2,4-5,8-9,19-20,22H,3,6-7,10-16H2,1H3. The minimum absolute atomic E-state index is 0.0209. The fourth-order valence-electron chi connectivity index (χ4n) is 4.10. The molecule has 1 aromatic carbocycles. The number of hydrogen-bond acceptors (Lipinski definition) is 7. The predicted molar refractivity (Wildman–Crippen MR) is 113 cm³/mol. The van der Waals surface area contributed by atoms with Crippen LogP contribution in [0.2, 0.25) is 0 Å². The van der Waals surface area contributed by atoms with E-state index >= 15 is 0 Å². The highest BCUT2D eigenvalue weighted by Gasteiger charge is 2.40. The zero-order valence-corrected chi connectivity index (χ0v) is 18.7. The van der Waals surface area contributed by atoms with Crippen LogP contribution in [0.1, 0.15) is 45.4 Å². The maximum absolute atomic E-state index is 13.5. The molecule has 0 spiro atoms. The van der Waals surface area contributed by atoms with Crippen LogP contribution in [-0.2, 0) is 33.6 Å². The van der Waals surface area contributed by atoms with Gasteiger partial charge in [-0.15, -0.1) is 0 Å². The Labute approximate surface area is 183 Å². The molecule has 2 aliphatic heterocycles. The Morgan fingerprint density at radius 2 is 1.74 bits per heavy atom. The van der Waals surface area contributed by atoms with Crippen LogP contribution >= 0.6 is 0 Å². The normalized spacial score (nSPS) is 19.7. The molecule has 1 aromatic rings. The lowest BCUT2D eigenvalue weighted by atomic mass is 10.1. The van der Waals surface area contributed by atoms with Crippen LogP contribution in [0.25, 0.3) is 0 Å². The van der Waals surface area contributed by atoms with Crippen molar-refractivity contribution in [2.24, 2.45) is 0 Å². The molecule has 8 nitrogen and oxygen atoms in total. The van der Waals surface area contributed by atoms with Crippen LogP contribution in [0.4, 0.5) is 0 Å². The molecule has 2 fully saturated rings. The fraction of sp³-hybridized carbons (Fsp3) is 0.636. The fourth-order valence-corrected chi connectivity index (χ4v) is 5.99. The number of sulfone groups is 1. The van der Waals surface area contributed by atoms with Crippen LogP contribution in [-0.4, -0.2) is 69.1 Å². The zero-order valence-electron chi connectivity index (χ0n) is 17.9. The van der Waals surface area contributed by atoms with E-state index in [-0.39, 0.29) is 30.1 Å². The van der Waals surface area contributed by atoms with Crippen molar-refractivity contribution in [2.75, 3.05) is 26.3 Å². The monoisotopic (exact) mass is 453 g/mol. The second-order valence-electron chi connectivity index (χ2n) is 7.93. The molecule has 3 rings (SSSR count). The van der Waals surface area contributed by atoms with Gasteiger partial charge in [0.2, 0.25) is 5.91 Å². The third-order valence-electron chi connectivity index (χ3n) is 5.67. The molecule has 0 radical (unpaired) electrons. The summed E-state index contributed by atoms with van der Waals surface area (Å²) in [4.78, 5) is 26.4. The first kappa shape index (κ1) is 23.7. The number of esters is 1. The SMILES string of the molecule is CC(=O)OC(CCC(=O)N1CCCCC1)C(CC1OCCO1)S(=O)(=O)c1ccccc1. The number of carbonyl (C=O) groups is 2. The molecule has 2 aliphatic rings. The molecular formula is C22H31NO7S. The van der Waals surface area contributed by atoms with Crippen molar-refractivity contribution >= 4 is 21.7 Å². The molecule has 9 heteroatoms. The second kappa shape index (κ2) is 11.1. The van der Waals surface area contributed by atoms with Crippen molar-refractivity contribution in [3.63, 3.8) is 0 Å². The van der Waals surface area contributed by atoms with E-state index in [4.69, 9.17) is 14.2 Å². The Balaban J connectivity index is 1.81. The van der Waals surface area contributed by atoms with Crippen LogP contribution < -0.4 is 0 Å². The minimum Gasteiger partial charge on any atom is -0.461 e. The first-order valence-electron chi connectivity index (χ1n) is 10.8. The third kappa shape index (κ3) is 6.51. The third-order valence-corrected chi connectivity index (χ3v) is 7.89. The Morgan fingerprint density at radius 1 is 1.10 bits per heavy atom. The van der Waals surface area contributed by atoms with Gasteiger partial charge in [0.25, 0.3) is 0 Å². The molecule has 0 aromatic heterocycles. The summed E-state index contributed by atoms with van der Waals surface area (Å²) in [7, 11) is -3.87. The molecule has 0 aliphatic carbocycles. The molecule has 172 valence electrons. The summed E-state index contributed by atoms with van der Waals surface area (Å²) in [6.45, 7) is 3.44. The van der Waals surface area contributed by atoms with Crippen LogP contribution in [0.5, 0.6) is 0 Å². The Morgan fingerprint density at radius 3 is 2.35 bits per heavy atom. The summed E-state index contributed by atoms with van der Waals surface area (Å²) in [5.41, 5.74) is 0.